The summed E-state index contributed by atoms with van der Waals surface area (Å²) in [6, 6.07) is 17.5. The van der Waals surface area contributed by atoms with E-state index in [1.54, 1.807) is 36.4 Å². The Hall–Kier alpha value is -1.80. The zero-order valence-corrected chi connectivity index (χ0v) is 28.0. The van der Waals surface area contributed by atoms with Gasteiger partial charge in [-0.1, -0.05) is 86.2 Å². The van der Waals surface area contributed by atoms with Gasteiger partial charge in [0.05, 0.1) is 29.0 Å². The molecule has 0 radical (unpaired) electrons. The Balaban J connectivity index is 0.000000222. The van der Waals surface area contributed by atoms with E-state index in [-0.39, 0.29) is 48.5 Å². The predicted molar refractivity (Wildman–Crippen MR) is 172 cm³/mol. The maximum absolute atomic E-state index is 9.65. The van der Waals surface area contributed by atoms with Crippen molar-refractivity contribution < 1.29 is 20.4 Å². The number of hydrogen-bond donors (Lipinski definition) is 4. The summed E-state index contributed by atoms with van der Waals surface area (Å²) in [6.45, 7) is 8.07. The lowest BCUT2D eigenvalue weighted by atomic mass is 9.78. The Bertz CT molecular complexity index is 1410. The van der Waals surface area contributed by atoms with Gasteiger partial charge in [-0.15, -0.1) is 0 Å². The van der Waals surface area contributed by atoms with Crippen LogP contribution in [0.5, 0.6) is 23.0 Å². The van der Waals surface area contributed by atoms with Gasteiger partial charge in [0.1, 0.15) is 11.5 Å². The van der Waals surface area contributed by atoms with E-state index in [4.69, 9.17) is 46.4 Å². The summed E-state index contributed by atoms with van der Waals surface area (Å²) in [4.78, 5) is 0. The lowest BCUT2D eigenvalue weighted by Gasteiger charge is -2.27. The number of phenols is 4. The Morgan fingerprint density at radius 1 is 0.475 bits per heavy atom. The molecule has 40 heavy (non-hydrogen) atoms. The van der Waals surface area contributed by atoms with E-state index < -0.39 is 5.41 Å². The molecule has 0 fully saturated rings. The van der Waals surface area contributed by atoms with E-state index >= 15 is 0 Å². The molecule has 4 nitrogen and oxygen atoms in total. The van der Waals surface area contributed by atoms with Crippen molar-refractivity contribution >= 4 is 78.3 Å². The molecule has 0 aliphatic rings. The highest BCUT2D eigenvalue weighted by molar-refractivity contribution is 9.10. The van der Waals surface area contributed by atoms with Crippen molar-refractivity contribution in [1.82, 2.24) is 0 Å². The molecule has 0 aromatic heterocycles. The van der Waals surface area contributed by atoms with Crippen molar-refractivity contribution in [2.75, 3.05) is 0 Å². The second kappa shape index (κ2) is 12.6. The Kier molecular flexibility index (Phi) is 10.3. The highest BCUT2D eigenvalue weighted by Gasteiger charge is 2.27. The van der Waals surface area contributed by atoms with Gasteiger partial charge in [-0.05, 0) is 103 Å². The molecular weight excluding hydrogens is 726 g/mol. The van der Waals surface area contributed by atoms with Crippen molar-refractivity contribution in [2.45, 2.75) is 38.5 Å². The third-order valence-electron chi connectivity index (χ3n) is 6.82. The fourth-order valence-electron chi connectivity index (χ4n) is 3.98. The molecule has 0 aliphatic heterocycles. The van der Waals surface area contributed by atoms with Gasteiger partial charge >= 0.3 is 0 Å². The van der Waals surface area contributed by atoms with Gasteiger partial charge in [0, 0.05) is 10.8 Å². The molecule has 0 amide bonds. The van der Waals surface area contributed by atoms with Gasteiger partial charge < -0.3 is 20.4 Å². The molecular formula is C30H26Br2Cl4O4. The summed E-state index contributed by atoms with van der Waals surface area (Å²) >= 11 is 30.6. The minimum atomic E-state index is -0.526. The molecule has 4 aromatic rings. The third-order valence-corrected chi connectivity index (χ3v) is 9.24. The predicted octanol–water partition coefficient (Wildman–Crippen LogP) is 11.0. The minimum Gasteiger partial charge on any atom is -0.507 e. The van der Waals surface area contributed by atoms with Crippen LogP contribution in [0.4, 0.5) is 0 Å². The van der Waals surface area contributed by atoms with Crippen LogP contribution in [0.15, 0.2) is 69.6 Å². The van der Waals surface area contributed by atoms with Gasteiger partial charge in [0.2, 0.25) is 0 Å². The number of benzene rings is 4. The van der Waals surface area contributed by atoms with Crippen LogP contribution in [-0.2, 0) is 10.8 Å². The van der Waals surface area contributed by atoms with Gasteiger partial charge in [0.15, 0.2) is 11.5 Å². The second-order valence-electron chi connectivity index (χ2n) is 10.2. The fraction of sp³-hybridized carbons (Fsp3) is 0.200. The average Bonchev–Trinajstić information content (AvgIpc) is 2.88. The SMILES string of the molecule is CC(C)(c1cc(Cl)c(O)c(Cl)c1)c1cc(Cl)c(O)c(Cl)c1.CC(C)(c1ccc(O)c(Br)c1)c1ccc(O)c(Br)c1. The number of rotatable bonds is 4. The third kappa shape index (κ3) is 6.97. The molecule has 0 spiro atoms. The average molecular weight is 752 g/mol. The van der Waals surface area contributed by atoms with Crippen LogP contribution in [0, 0.1) is 0 Å². The number of phenolic OH excluding ortho intramolecular Hbond substituents is 4. The summed E-state index contributed by atoms with van der Waals surface area (Å²) in [7, 11) is 0. The normalized spacial score (nSPS) is 11.7. The maximum atomic E-state index is 9.65. The molecule has 0 heterocycles. The molecule has 0 saturated carbocycles. The summed E-state index contributed by atoms with van der Waals surface area (Å²) in [5.74, 6) is 0.150. The van der Waals surface area contributed by atoms with Gasteiger partial charge in [-0.2, -0.15) is 0 Å². The van der Waals surface area contributed by atoms with E-state index in [1.807, 2.05) is 38.1 Å². The molecule has 0 bridgehead atoms. The minimum absolute atomic E-state index is 0.153. The van der Waals surface area contributed by atoms with Crippen molar-refractivity contribution in [3.63, 3.8) is 0 Å². The fourth-order valence-corrected chi connectivity index (χ4v) is 5.71. The van der Waals surface area contributed by atoms with E-state index in [9.17, 15) is 20.4 Å². The largest absolute Gasteiger partial charge is 0.507 e. The van der Waals surface area contributed by atoms with E-state index in [1.165, 1.54) is 0 Å². The van der Waals surface area contributed by atoms with E-state index in [0.29, 0.717) is 8.95 Å². The van der Waals surface area contributed by atoms with Crippen molar-refractivity contribution in [3.8, 4) is 23.0 Å². The molecule has 0 saturated heterocycles. The number of halogens is 6. The molecule has 0 atom stereocenters. The summed E-state index contributed by atoms with van der Waals surface area (Å²) in [5, 5.41) is 39.1. The molecule has 10 heteroatoms. The Morgan fingerprint density at radius 2 is 0.750 bits per heavy atom. The molecule has 212 valence electrons. The summed E-state index contributed by atoms with van der Waals surface area (Å²) in [5.41, 5.74) is 2.97. The molecule has 4 N–H and O–H groups in total. The van der Waals surface area contributed by atoms with Crippen molar-refractivity contribution in [1.29, 1.82) is 0 Å². The first kappa shape index (κ1) is 32.7. The quantitative estimate of drug-likeness (QED) is 0.167. The molecule has 0 unspecified atom stereocenters. The summed E-state index contributed by atoms with van der Waals surface area (Å²) in [6.07, 6.45) is 0. The lowest BCUT2D eigenvalue weighted by Crippen LogP contribution is -2.19. The molecule has 0 aliphatic carbocycles. The molecule has 4 rings (SSSR count). The topological polar surface area (TPSA) is 80.9 Å². The lowest BCUT2D eigenvalue weighted by molar-refractivity contribution is 0.470. The van der Waals surface area contributed by atoms with E-state index in [0.717, 1.165) is 22.3 Å². The number of aromatic hydroxyl groups is 4. The van der Waals surface area contributed by atoms with Crippen LogP contribution in [0.25, 0.3) is 0 Å². The van der Waals surface area contributed by atoms with E-state index in [2.05, 4.69) is 45.7 Å². The van der Waals surface area contributed by atoms with Crippen LogP contribution in [0.1, 0.15) is 49.9 Å². The van der Waals surface area contributed by atoms with Gasteiger partial charge in [0.25, 0.3) is 0 Å². The first-order valence-electron chi connectivity index (χ1n) is 11.8. The van der Waals surface area contributed by atoms with Crippen LogP contribution in [0.2, 0.25) is 20.1 Å². The smallest absolute Gasteiger partial charge is 0.152 e. The van der Waals surface area contributed by atoms with Crippen LogP contribution in [0.3, 0.4) is 0 Å². The zero-order valence-electron chi connectivity index (χ0n) is 21.8. The first-order chi connectivity index (χ1) is 18.5. The first-order valence-corrected chi connectivity index (χ1v) is 14.9. The monoisotopic (exact) mass is 748 g/mol. The Labute approximate surface area is 270 Å². The van der Waals surface area contributed by atoms with Crippen molar-refractivity contribution in [2.24, 2.45) is 0 Å². The van der Waals surface area contributed by atoms with Gasteiger partial charge in [-0.25, -0.2) is 0 Å². The van der Waals surface area contributed by atoms with Crippen LogP contribution >= 0.6 is 78.3 Å². The Morgan fingerprint density at radius 3 is 1.02 bits per heavy atom. The zero-order chi connectivity index (χ0) is 30.2. The molecule has 4 aromatic carbocycles. The van der Waals surface area contributed by atoms with Crippen LogP contribution < -0.4 is 0 Å². The highest BCUT2D eigenvalue weighted by atomic mass is 79.9. The van der Waals surface area contributed by atoms with Gasteiger partial charge in [-0.3, -0.25) is 0 Å². The highest BCUT2D eigenvalue weighted by Crippen LogP contribution is 2.43. The van der Waals surface area contributed by atoms with Crippen molar-refractivity contribution in [3.05, 3.63) is 112 Å². The standard InChI is InChI=1S/C15H14Br2O2.C15H12Cl4O2/c1-15(2,9-3-5-13(18)11(16)7-9)10-4-6-14(19)12(17)8-10;1-15(2,7-3-9(16)13(20)10(17)4-7)8-5-11(18)14(21)12(19)6-8/h3-8,18-19H,1-2H3;3-6,20-21H,1-2H3. The maximum Gasteiger partial charge on any atom is 0.152 e. The summed E-state index contributed by atoms with van der Waals surface area (Å²) < 4.78 is 1.35. The number of hydrogen-bond acceptors (Lipinski definition) is 4. The van der Waals surface area contributed by atoms with Crippen LogP contribution in [-0.4, -0.2) is 20.4 Å². The second-order valence-corrected chi connectivity index (χ2v) is 13.5.